The second-order valence-electron chi connectivity index (χ2n) is 6.41. The average molecular weight is 238 g/mol. The summed E-state index contributed by atoms with van der Waals surface area (Å²) in [6.07, 6.45) is 4.76. The van der Waals surface area contributed by atoms with Crippen LogP contribution in [-0.2, 0) is 14.3 Å². The molecule has 0 N–H and O–H groups in total. The minimum absolute atomic E-state index is 0.232. The van der Waals surface area contributed by atoms with E-state index in [9.17, 15) is 9.59 Å². The number of cyclic esters (lactones) is 2. The summed E-state index contributed by atoms with van der Waals surface area (Å²) in [5, 5.41) is 0. The molecule has 3 unspecified atom stereocenters. The summed E-state index contributed by atoms with van der Waals surface area (Å²) in [7, 11) is 0. The Labute approximate surface area is 103 Å². The first-order valence-electron chi connectivity index (χ1n) is 6.69. The van der Waals surface area contributed by atoms with Crippen molar-refractivity contribution in [1.29, 1.82) is 0 Å². The van der Waals surface area contributed by atoms with Crippen molar-refractivity contribution in [3.63, 3.8) is 0 Å². The zero-order chi connectivity index (χ0) is 12.6. The van der Waals surface area contributed by atoms with Crippen molar-refractivity contribution in [2.75, 3.05) is 0 Å². The van der Waals surface area contributed by atoms with Crippen molar-refractivity contribution in [2.24, 2.45) is 23.2 Å². The number of hydrogen-bond donors (Lipinski definition) is 0. The van der Waals surface area contributed by atoms with Gasteiger partial charge >= 0.3 is 11.9 Å². The van der Waals surface area contributed by atoms with Crippen LogP contribution in [0.2, 0.25) is 0 Å². The third-order valence-corrected chi connectivity index (χ3v) is 4.05. The van der Waals surface area contributed by atoms with Crippen LogP contribution in [0.5, 0.6) is 0 Å². The first kappa shape index (κ1) is 12.6. The number of carbonyl (C=O) groups excluding carboxylic acids is 2. The van der Waals surface area contributed by atoms with Gasteiger partial charge in [0.25, 0.3) is 0 Å². The van der Waals surface area contributed by atoms with Crippen molar-refractivity contribution in [1.82, 2.24) is 0 Å². The summed E-state index contributed by atoms with van der Waals surface area (Å²) in [4.78, 5) is 22.6. The highest BCUT2D eigenvalue weighted by Crippen LogP contribution is 2.59. The van der Waals surface area contributed by atoms with E-state index in [0.29, 0.717) is 18.3 Å². The van der Waals surface area contributed by atoms with Crippen LogP contribution in [0.3, 0.4) is 0 Å². The van der Waals surface area contributed by atoms with E-state index in [-0.39, 0.29) is 17.4 Å². The maximum absolute atomic E-state index is 11.6. The van der Waals surface area contributed by atoms with Crippen LogP contribution in [-0.4, -0.2) is 11.9 Å². The van der Waals surface area contributed by atoms with Gasteiger partial charge in [-0.1, -0.05) is 27.2 Å². The Morgan fingerprint density at radius 1 is 1.24 bits per heavy atom. The molecule has 3 atom stereocenters. The SMILES string of the molecule is CC(C)C.O=C1CC2(CC3CCC2C3)C(=O)O1. The third kappa shape index (κ3) is 2.24. The Bertz CT molecular complexity index is 332. The first-order valence-corrected chi connectivity index (χ1v) is 6.69. The molecular weight excluding hydrogens is 216 g/mol. The summed E-state index contributed by atoms with van der Waals surface area (Å²) >= 11 is 0. The molecular formula is C14H22O3. The highest BCUT2D eigenvalue weighted by molar-refractivity contribution is 5.97. The molecule has 0 aromatic carbocycles. The lowest BCUT2D eigenvalue weighted by Gasteiger charge is -2.27. The highest BCUT2D eigenvalue weighted by Gasteiger charge is 2.61. The molecule has 1 heterocycles. The van der Waals surface area contributed by atoms with Crippen LogP contribution in [0.4, 0.5) is 0 Å². The van der Waals surface area contributed by atoms with E-state index in [1.165, 1.54) is 6.42 Å². The molecule has 3 heteroatoms. The van der Waals surface area contributed by atoms with Crippen molar-refractivity contribution >= 4 is 11.9 Å². The van der Waals surface area contributed by atoms with Gasteiger partial charge in [0.1, 0.15) is 0 Å². The third-order valence-electron chi connectivity index (χ3n) is 4.05. The maximum Gasteiger partial charge on any atom is 0.320 e. The van der Waals surface area contributed by atoms with Crippen LogP contribution < -0.4 is 0 Å². The van der Waals surface area contributed by atoms with Gasteiger partial charge in [0.15, 0.2) is 0 Å². The molecule has 96 valence electrons. The zero-order valence-corrected chi connectivity index (χ0v) is 11.0. The predicted molar refractivity (Wildman–Crippen MR) is 64.1 cm³/mol. The molecule has 3 rings (SSSR count). The van der Waals surface area contributed by atoms with E-state index in [4.69, 9.17) is 0 Å². The van der Waals surface area contributed by atoms with E-state index in [1.807, 2.05) is 0 Å². The lowest BCUT2D eigenvalue weighted by molar-refractivity contribution is -0.156. The molecule has 3 fully saturated rings. The summed E-state index contributed by atoms with van der Waals surface area (Å²) in [5.41, 5.74) is -0.375. The van der Waals surface area contributed by atoms with Crippen LogP contribution in [0.1, 0.15) is 52.9 Å². The van der Waals surface area contributed by atoms with Crippen LogP contribution >= 0.6 is 0 Å². The molecule has 0 amide bonds. The zero-order valence-electron chi connectivity index (χ0n) is 11.0. The lowest BCUT2D eigenvalue weighted by Crippen LogP contribution is -2.32. The van der Waals surface area contributed by atoms with E-state index in [2.05, 4.69) is 25.5 Å². The molecule has 3 aliphatic rings. The smallest absolute Gasteiger partial charge is 0.320 e. The first-order chi connectivity index (χ1) is 7.94. The fourth-order valence-corrected chi connectivity index (χ4v) is 3.48. The van der Waals surface area contributed by atoms with Crippen LogP contribution in [0.25, 0.3) is 0 Å². The Hall–Kier alpha value is -0.860. The van der Waals surface area contributed by atoms with Crippen molar-refractivity contribution in [3.8, 4) is 0 Å². The minimum atomic E-state index is -0.375. The monoisotopic (exact) mass is 238 g/mol. The number of rotatable bonds is 0. The van der Waals surface area contributed by atoms with Gasteiger partial charge in [0, 0.05) is 0 Å². The molecule has 1 aliphatic heterocycles. The van der Waals surface area contributed by atoms with Gasteiger partial charge in [0.2, 0.25) is 0 Å². The maximum atomic E-state index is 11.6. The molecule has 2 aliphatic carbocycles. The molecule has 0 radical (unpaired) electrons. The van der Waals surface area contributed by atoms with Crippen LogP contribution in [0, 0.1) is 23.2 Å². The number of fused-ring (bicyclic) bond motifs is 3. The average Bonchev–Trinajstić information content (AvgIpc) is 2.81. The second-order valence-corrected chi connectivity index (χ2v) is 6.41. The Morgan fingerprint density at radius 2 is 1.88 bits per heavy atom. The quantitative estimate of drug-likeness (QED) is 0.481. The summed E-state index contributed by atoms with van der Waals surface area (Å²) in [5.74, 6) is 1.42. The topological polar surface area (TPSA) is 43.4 Å². The van der Waals surface area contributed by atoms with Gasteiger partial charge in [-0.15, -0.1) is 0 Å². The van der Waals surface area contributed by atoms with Gasteiger partial charge in [0.05, 0.1) is 11.8 Å². The standard InChI is InChI=1S/C10H12O3.C4H10/c11-8-5-10(9(12)13-8)4-6-1-2-7(10)3-6;1-4(2)3/h6-7H,1-5H2;4H,1-3H3. The number of carbonyl (C=O) groups is 2. The molecule has 0 aromatic rings. The normalized spacial score (nSPS) is 38.6. The summed E-state index contributed by atoms with van der Waals surface area (Å²) in [6.45, 7) is 6.50. The predicted octanol–water partition coefficient (Wildman–Crippen LogP) is 2.93. The van der Waals surface area contributed by atoms with Gasteiger partial charge in [-0.2, -0.15) is 0 Å². The molecule has 1 spiro atoms. The fourth-order valence-electron chi connectivity index (χ4n) is 3.48. The number of esters is 2. The van der Waals surface area contributed by atoms with E-state index in [1.54, 1.807) is 0 Å². The minimum Gasteiger partial charge on any atom is -0.393 e. The van der Waals surface area contributed by atoms with Gasteiger partial charge < -0.3 is 4.74 Å². The molecule has 2 bridgehead atoms. The van der Waals surface area contributed by atoms with Crippen molar-refractivity contribution < 1.29 is 14.3 Å². The van der Waals surface area contributed by atoms with Crippen molar-refractivity contribution in [2.45, 2.75) is 52.9 Å². The van der Waals surface area contributed by atoms with Gasteiger partial charge in [-0.3, -0.25) is 9.59 Å². The second kappa shape index (κ2) is 4.43. The Kier molecular flexibility index (Phi) is 3.28. The van der Waals surface area contributed by atoms with Crippen LogP contribution in [0.15, 0.2) is 0 Å². The van der Waals surface area contributed by atoms with E-state index < -0.39 is 0 Å². The molecule has 0 aromatic heterocycles. The molecule has 17 heavy (non-hydrogen) atoms. The molecule has 1 saturated heterocycles. The largest absolute Gasteiger partial charge is 0.393 e. The molecule has 3 nitrogen and oxygen atoms in total. The van der Waals surface area contributed by atoms with E-state index >= 15 is 0 Å². The summed E-state index contributed by atoms with van der Waals surface area (Å²) < 4.78 is 4.67. The Balaban J connectivity index is 0.000000239. The summed E-state index contributed by atoms with van der Waals surface area (Å²) in [6, 6.07) is 0. The molecule has 2 saturated carbocycles. The van der Waals surface area contributed by atoms with Gasteiger partial charge in [-0.25, -0.2) is 0 Å². The Morgan fingerprint density at radius 3 is 2.24 bits per heavy atom. The van der Waals surface area contributed by atoms with Crippen molar-refractivity contribution in [3.05, 3.63) is 0 Å². The number of hydrogen-bond acceptors (Lipinski definition) is 3. The highest BCUT2D eigenvalue weighted by atomic mass is 16.6. The fraction of sp³-hybridized carbons (Fsp3) is 0.857. The van der Waals surface area contributed by atoms with E-state index in [0.717, 1.165) is 25.2 Å². The van der Waals surface area contributed by atoms with Gasteiger partial charge in [-0.05, 0) is 37.0 Å². The lowest BCUT2D eigenvalue weighted by atomic mass is 9.72. The number of ether oxygens (including phenoxy) is 1.